The zero-order valence-electron chi connectivity index (χ0n) is 22.1. The molecule has 2 aliphatic carbocycles. The molecule has 39 heavy (non-hydrogen) atoms. The SMILES string of the molecule is CCCCOC(=O)Nc1ccccc1Nc1cc2c(cc1O)[C@]13CCCC[C@@H]1[C@H](C2)NCC3.O=CC(F)(F)F. The van der Waals surface area contributed by atoms with Crippen LogP contribution in [0, 0.1) is 5.92 Å². The number of fused-ring (bicyclic) bond motifs is 1. The Bertz CT molecular complexity index is 1170. The van der Waals surface area contributed by atoms with Crippen LogP contribution in [0.3, 0.4) is 0 Å². The van der Waals surface area contributed by atoms with Gasteiger partial charge in [0.05, 0.1) is 23.7 Å². The lowest BCUT2D eigenvalue weighted by Gasteiger charge is -2.56. The molecule has 0 spiro atoms. The van der Waals surface area contributed by atoms with E-state index >= 15 is 0 Å². The molecule has 1 amide bonds. The highest BCUT2D eigenvalue weighted by Crippen LogP contribution is 2.55. The number of piperidine rings is 1. The lowest BCUT2D eigenvalue weighted by atomic mass is 9.53. The van der Waals surface area contributed by atoms with Crippen molar-refractivity contribution in [1.82, 2.24) is 5.32 Å². The fourth-order valence-electron chi connectivity index (χ4n) is 6.37. The van der Waals surface area contributed by atoms with Crippen LogP contribution in [0.15, 0.2) is 36.4 Å². The van der Waals surface area contributed by atoms with Crippen LogP contribution in [-0.4, -0.2) is 42.9 Å². The summed E-state index contributed by atoms with van der Waals surface area (Å²) in [5, 5.41) is 21.0. The van der Waals surface area contributed by atoms with E-state index in [1.54, 1.807) is 0 Å². The van der Waals surface area contributed by atoms with Crippen molar-refractivity contribution in [3.8, 4) is 5.75 Å². The molecule has 10 heteroatoms. The first-order chi connectivity index (χ1) is 18.7. The Labute approximate surface area is 226 Å². The first-order valence-electron chi connectivity index (χ1n) is 13.6. The third kappa shape index (κ3) is 6.66. The number of anilines is 3. The summed E-state index contributed by atoms with van der Waals surface area (Å²) in [5.41, 5.74) is 4.92. The van der Waals surface area contributed by atoms with E-state index in [9.17, 15) is 23.1 Å². The smallest absolute Gasteiger partial charge is 0.446 e. The number of ether oxygens (including phenoxy) is 1. The number of carbonyl (C=O) groups is 2. The molecule has 2 aromatic carbocycles. The van der Waals surface area contributed by atoms with Gasteiger partial charge in [0.25, 0.3) is 0 Å². The van der Waals surface area contributed by atoms with E-state index in [2.05, 4.69) is 28.9 Å². The molecule has 1 saturated heterocycles. The number of alkyl halides is 3. The molecule has 4 N–H and O–H groups in total. The average molecular weight is 548 g/mol. The number of benzene rings is 2. The van der Waals surface area contributed by atoms with Crippen LogP contribution in [0.5, 0.6) is 5.75 Å². The highest BCUT2D eigenvalue weighted by Gasteiger charge is 2.51. The Balaban J connectivity index is 0.000000531. The Hall–Kier alpha value is -3.27. The average Bonchev–Trinajstić information content (AvgIpc) is 2.91. The van der Waals surface area contributed by atoms with Gasteiger partial charge in [-0.2, -0.15) is 13.2 Å². The lowest BCUT2D eigenvalue weighted by molar-refractivity contribution is -0.156. The summed E-state index contributed by atoms with van der Waals surface area (Å²) >= 11 is 0. The number of hydrogen-bond donors (Lipinski definition) is 4. The largest absolute Gasteiger partial charge is 0.506 e. The minimum absolute atomic E-state index is 0.208. The van der Waals surface area contributed by atoms with Crippen molar-refractivity contribution in [3.63, 3.8) is 0 Å². The predicted molar refractivity (Wildman–Crippen MR) is 144 cm³/mol. The normalized spacial score (nSPS) is 23.3. The minimum Gasteiger partial charge on any atom is -0.506 e. The van der Waals surface area contributed by atoms with E-state index in [1.165, 1.54) is 36.8 Å². The van der Waals surface area contributed by atoms with E-state index in [0.29, 0.717) is 29.9 Å². The predicted octanol–water partition coefficient (Wildman–Crippen LogP) is 6.58. The van der Waals surface area contributed by atoms with Crippen LogP contribution >= 0.6 is 0 Å². The maximum atomic E-state index is 12.2. The number of phenolic OH excluding ortho intramolecular Hbond substituents is 1. The summed E-state index contributed by atoms with van der Waals surface area (Å²) in [6, 6.07) is 12.2. The van der Waals surface area contributed by atoms with Gasteiger partial charge in [-0.3, -0.25) is 10.1 Å². The van der Waals surface area contributed by atoms with Gasteiger partial charge in [-0.05, 0) is 80.0 Å². The van der Waals surface area contributed by atoms with Crippen molar-refractivity contribution < 1.29 is 32.6 Å². The molecule has 2 bridgehead atoms. The molecule has 7 nitrogen and oxygen atoms in total. The number of hydrogen-bond acceptors (Lipinski definition) is 6. The molecule has 1 aliphatic heterocycles. The molecular formula is C29H36F3N3O4. The van der Waals surface area contributed by atoms with Crippen LogP contribution in [0.2, 0.25) is 0 Å². The second-order valence-electron chi connectivity index (χ2n) is 10.5. The van der Waals surface area contributed by atoms with Crippen LogP contribution in [0.1, 0.15) is 63.0 Å². The molecule has 5 rings (SSSR count). The van der Waals surface area contributed by atoms with E-state index in [0.717, 1.165) is 37.9 Å². The number of halogens is 3. The highest BCUT2D eigenvalue weighted by atomic mass is 19.4. The number of aromatic hydroxyl groups is 1. The van der Waals surface area contributed by atoms with Crippen molar-refractivity contribution in [2.75, 3.05) is 23.8 Å². The maximum Gasteiger partial charge on any atom is 0.446 e. The third-order valence-corrected chi connectivity index (χ3v) is 8.06. The summed E-state index contributed by atoms with van der Waals surface area (Å²) in [7, 11) is 0. The molecule has 0 aromatic heterocycles. The van der Waals surface area contributed by atoms with Gasteiger partial charge in [0.2, 0.25) is 6.29 Å². The first-order valence-corrected chi connectivity index (χ1v) is 13.6. The zero-order chi connectivity index (χ0) is 28.0. The number of carbonyl (C=O) groups excluding carboxylic acids is 2. The van der Waals surface area contributed by atoms with Crippen molar-refractivity contribution in [2.45, 2.75) is 75.9 Å². The standard InChI is InChI=1S/C27H35N3O3.C2HF3O/c1-2-3-14-33-26(32)30-22-10-5-4-9-21(22)29-24-16-18-15-23-19-8-6-7-11-27(19,12-13-28-23)20(18)17-25(24)31;3-2(4,5)1-6/h4-5,9-10,16-17,19,23,28-29,31H,2-3,6-8,11-15H2,1H3,(H,30,32);1H/t19-,23+,27+;/m1./s1. The second kappa shape index (κ2) is 12.3. The Morgan fingerprint density at radius 1 is 1.18 bits per heavy atom. The molecule has 1 saturated carbocycles. The first kappa shape index (κ1) is 28.7. The van der Waals surface area contributed by atoms with Crippen LogP contribution in [0.4, 0.5) is 35.0 Å². The van der Waals surface area contributed by atoms with Gasteiger partial charge >= 0.3 is 12.3 Å². The molecule has 212 valence electrons. The van der Waals surface area contributed by atoms with Gasteiger partial charge in [-0.25, -0.2) is 4.79 Å². The Morgan fingerprint density at radius 3 is 2.64 bits per heavy atom. The van der Waals surface area contributed by atoms with Crippen molar-refractivity contribution in [3.05, 3.63) is 47.5 Å². The quantitative estimate of drug-likeness (QED) is 0.185. The van der Waals surface area contributed by atoms with Crippen LogP contribution in [-0.2, 0) is 21.4 Å². The van der Waals surface area contributed by atoms with E-state index in [1.807, 2.05) is 30.3 Å². The molecule has 2 aromatic rings. The molecule has 3 atom stereocenters. The van der Waals surface area contributed by atoms with Gasteiger partial charge < -0.3 is 20.5 Å². The molecular weight excluding hydrogens is 511 g/mol. The summed E-state index contributed by atoms with van der Waals surface area (Å²) in [5.74, 6) is 0.944. The number of rotatable bonds is 6. The third-order valence-electron chi connectivity index (χ3n) is 8.06. The number of nitrogens with one attached hydrogen (secondary N) is 3. The zero-order valence-corrected chi connectivity index (χ0v) is 22.1. The van der Waals surface area contributed by atoms with E-state index in [-0.39, 0.29) is 11.2 Å². The molecule has 1 heterocycles. The topological polar surface area (TPSA) is 99.7 Å². The fraction of sp³-hybridized carbons (Fsp3) is 0.517. The molecule has 3 aliphatic rings. The maximum absolute atomic E-state index is 12.2. The monoisotopic (exact) mass is 547 g/mol. The summed E-state index contributed by atoms with van der Waals surface area (Å²) in [6.45, 7) is 3.53. The van der Waals surface area contributed by atoms with Crippen LogP contribution < -0.4 is 16.0 Å². The summed E-state index contributed by atoms with van der Waals surface area (Å²) < 4.78 is 36.5. The van der Waals surface area contributed by atoms with Gasteiger partial charge in [0.1, 0.15) is 5.75 Å². The lowest BCUT2D eigenvalue weighted by Crippen LogP contribution is -2.59. The highest BCUT2D eigenvalue weighted by molar-refractivity contribution is 5.91. The van der Waals surface area contributed by atoms with E-state index in [4.69, 9.17) is 9.53 Å². The number of amides is 1. The number of unbranched alkanes of at least 4 members (excludes halogenated alkanes) is 1. The number of phenols is 1. The molecule has 0 radical (unpaired) electrons. The van der Waals surface area contributed by atoms with Gasteiger partial charge in [0.15, 0.2) is 0 Å². The molecule has 0 unspecified atom stereocenters. The van der Waals surface area contributed by atoms with Crippen LogP contribution in [0.25, 0.3) is 0 Å². The van der Waals surface area contributed by atoms with E-state index < -0.39 is 18.6 Å². The number of aldehydes is 1. The minimum atomic E-state index is -4.64. The summed E-state index contributed by atoms with van der Waals surface area (Å²) in [6.07, 6.45) is 2.90. The second-order valence-corrected chi connectivity index (χ2v) is 10.5. The van der Waals surface area contributed by atoms with Gasteiger partial charge in [0, 0.05) is 11.5 Å². The summed E-state index contributed by atoms with van der Waals surface area (Å²) in [4.78, 5) is 20.9. The van der Waals surface area contributed by atoms with Gasteiger partial charge in [-0.1, -0.05) is 38.3 Å². The Kier molecular flexibility index (Phi) is 9.04. The molecule has 2 fully saturated rings. The fourth-order valence-corrected chi connectivity index (χ4v) is 6.37. The van der Waals surface area contributed by atoms with Crippen molar-refractivity contribution >= 4 is 29.4 Å². The van der Waals surface area contributed by atoms with Crippen molar-refractivity contribution in [2.24, 2.45) is 5.92 Å². The number of para-hydroxylation sites is 2. The Morgan fingerprint density at radius 2 is 1.92 bits per heavy atom. The van der Waals surface area contributed by atoms with Gasteiger partial charge in [-0.15, -0.1) is 0 Å². The van der Waals surface area contributed by atoms with Crippen molar-refractivity contribution in [1.29, 1.82) is 0 Å².